The highest BCUT2D eigenvalue weighted by atomic mass is 19.3. The van der Waals surface area contributed by atoms with E-state index in [0.717, 1.165) is 17.0 Å². The molecule has 7 nitrogen and oxygen atoms in total. The summed E-state index contributed by atoms with van der Waals surface area (Å²) < 4.78 is 56.6. The molecule has 11 heteroatoms. The summed E-state index contributed by atoms with van der Waals surface area (Å²) in [5.74, 6) is -6.32. The van der Waals surface area contributed by atoms with Crippen molar-refractivity contribution >= 4 is 17.5 Å². The molecule has 1 saturated carbocycles. The van der Waals surface area contributed by atoms with Gasteiger partial charge in [0, 0.05) is 30.6 Å². The number of aryl methyl sites for hydroxylation is 1. The van der Waals surface area contributed by atoms with Crippen LogP contribution in [0.3, 0.4) is 0 Å². The maximum Gasteiger partial charge on any atom is 0.249 e. The van der Waals surface area contributed by atoms with Crippen molar-refractivity contribution < 1.29 is 27.2 Å². The lowest BCUT2D eigenvalue weighted by Gasteiger charge is -2.35. The molecule has 1 N–H and O–H groups in total. The molecule has 0 aliphatic heterocycles. The van der Waals surface area contributed by atoms with Crippen LogP contribution in [-0.4, -0.2) is 38.5 Å². The van der Waals surface area contributed by atoms with Gasteiger partial charge in [-0.05, 0) is 43.0 Å². The highest BCUT2D eigenvalue weighted by molar-refractivity contribution is 6.01. The number of aromatic nitrogens is 3. The molecule has 2 aromatic carbocycles. The van der Waals surface area contributed by atoms with Crippen molar-refractivity contribution in [1.29, 1.82) is 0 Å². The van der Waals surface area contributed by atoms with Gasteiger partial charge in [-0.2, -0.15) is 5.10 Å². The molecule has 0 spiro atoms. The molecular weight excluding hydrogens is 478 g/mol. The highest BCUT2D eigenvalue weighted by Crippen LogP contribution is 2.35. The van der Waals surface area contributed by atoms with E-state index in [1.165, 1.54) is 23.4 Å². The Balaban J connectivity index is 1.75. The summed E-state index contributed by atoms with van der Waals surface area (Å²) in [5, 5.41) is 6.72. The molecule has 1 aromatic heterocycles. The van der Waals surface area contributed by atoms with Crippen LogP contribution in [-0.2, 0) is 16.1 Å². The van der Waals surface area contributed by atoms with Gasteiger partial charge in [0.05, 0.1) is 0 Å². The van der Waals surface area contributed by atoms with E-state index in [4.69, 9.17) is 0 Å². The summed E-state index contributed by atoms with van der Waals surface area (Å²) in [6.07, 6.45) is 2.00. The third kappa shape index (κ3) is 5.72. The summed E-state index contributed by atoms with van der Waals surface area (Å²) in [6, 6.07) is 7.98. The molecule has 1 aliphatic rings. The zero-order chi connectivity index (χ0) is 25.9. The van der Waals surface area contributed by atoms with E-state index in [0.29, 0.717) is 11.1 Å². The lowest BCUT2D eigenvalue weighted by Crippen LogP contribution is -2.49. The molecule has 4 rings (SSSR count). The van der Waals surface area contributed by atoms with Gasteiger partial charge < -0.3 is 5.32 Å². The van der Waals surface area contributed by atoms with Crippen LogP contribution in [0.2, 0.25) is 0 Å². The van der Waals surface area contributed by atoms with E-state index in [1.807, 2.05) is 0 Å². The first-order valence-corrected chi connectivity index (χ1v) is 11.5. The third-order valence-corrected chi connectivity index (χ3v) is 6.27. The minimum atomic E-state index is -2.78. The molecule has 190 valence electrons. The molecular formula is C25H25F4N5O2. The Morgan fingerprint density at radius 1 is 1.14 bits per heavy atom. The van der Waals surface area contributed by atoms with Crippen molar-refractivity contribution in [3.8, 4) is 0 Å². The van der Waals surface area contributed by atoms with Gasteiger partial charge in [-0.3, -0.25) is 14.5 Å². The Labute approximate surface area is 205 Å². The first-order chi connectivity index (χ1) is 17.1. The summed E-state index contributed by atoms with van der Waals surface area (Å²) in [5.41, 5.74) is 1.08. The number of carbonyl (C=O) groups is 2. The molecule has 1 fully saturated rings. The van der Waals surface area contributed by atoms with Crippen LogP contribution in [0, 0.1) is 18.6 Å². The van der Waals surface area contributed by atoms with Crippen LogP contribution in [0.15, 0.2) is 55.1 Å². The van der Waals surface area contributed by atoms with Crippen LogP contribution in [0.5, 0.6) is 0 Å². The number of halogens is 4. The van der Waals surface area contributed by atoms with Crippen molar-refractivity contribution in [2.75, 3.05) is 4.90 Å². The van der Waals surface area contributed by atoms with Crippen molar-refractivity contribution in [3.63, 3.8) is 0 Å². The van der Waals surface area contributed by atoms with Gasteiger partial charge in [-0.25, -0.2) is 27.2 Å². The molecule has 1 unspecified atom stereocenters. The topological polar surface area (TPSA) is 80.1 Å². The van der Waals surface area contributed by atoms with Crippen LogP contribution in [0.1, 0.15) is 42.9 Å². The Hall–Kier alpha value is -3.76. The Kier molecular flexibility index (Phi) is 7.37. The van der Waals surface area contributed by atoms with Crippen LogP contribution < -0.4 is 10.2 Å². The smallest absolute Gasteiger partial charge is 0.249 e. The molecule has 0 bridgehead atoms. The number of alkyl halides is 2. The second-order valence-electron chi connectivity index (χ2n) is 8.85. The fourth-order valence-electron chi connectivity index (χ4n) is 4.36. The van der Waals surface area contributed by atoms with Crippen molar-refractivity contribution in [3.05, 3.63) is 77.9 Å². The molecule has 0 radical (unpaired) electrons. The van der Waals surface area contributed by atoms with Crippen LogP contribution >= 0.6 is 0 Å². The van der Waals surface area contributed by atoms with Gasteiger partial charge in [-0.1, -0.05) is 24.3 Å². The summed E-state index contributed by atoms with van der Waals surface area (Å²) in [6.45, 7) is 1.42. The third-order valence-electron chi connectivity index (χ3n) is 6.27. The normalized spacial score (nSPS) is 16.4. The van der Waals surface area contributed by atoms with Gasteiger partial charge in [0.15, 0.2) is 11.6 Å². The second kappa shape index (κ2) is 10.5. The Bertz CT molecular complexity index is 1220. The maximum atomic E-state index is 14.3. The maximum absolute atomic E-state index is 14.3. The van der Waals surface area contributed by atoms with E-state index < -0.39 is 41.5 Å². The van der Waals surface area contributed by atoms with Gasteiger partial charge in [0.1, 0.15) is 25.2 Å². The number of carbonyl (C=O) groups excluding carboxylic acids is 2. The number of anilines is 1. The number of benzene rings is 2. The van der Waals surface area contributed by atoms with E-state index >= 15 is 0 Å². The Morgan fingerprint density at radius 3 is 2.50 bits per heavy atom. The summed E-state index contributed by atoms with van der Waals surface area (Å²) >= 11 is 0. The van der Waals surface area contributed by atoms with E-state index in [2.05, 4.69) is 15.4 Å². The first kappa shape index (κ1) is 25.3. The number of nitrogens with one attached hydrogen (secondary N) is 1. The highest BCUT2D eigenvalue weighted by Gasteiger charge is 2.39. The van der Waals surface area contributed by atoms with E-state index in [9.17, 15) is 27.2 Å². The second-order valence-corrected chi connectivity index (χ2v) is 8.85. The van der Waals surface area contributed by atoms with Crippen LogP contribution in [0.4, 0.5) is 23.2 Å². The monoisotopic (exact) mass is 503 g/mol. The zero-order valence-corrected chi connectivity index (χ0v) is 19.5. The first-order valence-electron chi connectivity index (χ1n) is 11.5. The number of rotatable bonds is 7. The minimum absolute atomic E-state index is 0.0439. The van der Waals surface area contributed by atoms with E-state index in [-0.39, 0.29) is 37.9 Å². The largest absolute Gasteiger partial charge is 0.351 e. The lowest BCUT2D eigenvalue weighted by atomic mass is 9.91. The molecule has 3 aromatic rings. The van der Waals surface area contributed by atoms with Gasteiger partial charge in [-0.15, -0.1) is 0 Å². The average Bonchev–Trinajstić information content (AvgIpc) is 3.34. The SMILES string of the molecule is Cc1ccccc1C(C(=O)NC1CCC(F)(F)CC1)N(C(=O)Cn1cncn1)c1ccc(F)c(F)c1. The van der Waals surface area contributed by atoms with Crippen molar-refractivity contribution in [2.24, 2.45) is 0 Å². The standard InChI is InChI=1S/C25H25F4N5O2/c1-16-4-2-3-5-19(16)23(24(36)32-17-8-10-25(28,29)11-9-17)34(18-6-7-20(26)21(27)12-18)22(35)13-33-15-30-14-31-33/h2-7,12,14-15,17,23H,8-11,13H2,1H3,(H,32,36). The quantitative estimate of drug-likeness (QED) is 0.487. The number of hydrogen-bond acceptors (Lipinski definition) is 4. The lowest BCUT2D eigenvalue weighted by molar-refractivity contribution is -0.128. The van der Waals surface area contributed by atoms with Crippen LogP contribution in [0.25, 0.3) is 0 Å². The molecule has 2 amide bonds. The fourth-order valence-corrected chi connectivity index (χ4v) is 4.36. The zero-order valence-electron chi connectivity index (χ0n) is 19.5. The van der Waals surface area contributed by atoms with E-state index in [1.54, 1.807) is 31.2 Å². The Morgan fingerprint density at radius 2 is 1.86 bits per heavy atom. The summed E-state index contributed by atoms with van der Waals surface area (Å²) in [4.78, 5) is 32.1. The predicted octanol–water partition coefficient (Wildman–Crippen LogP) is 4.33. The molecule has 36 heavy (non-hydrogen) atoms. The predicted molar refractivity (Wildman–Crippen MR) is 123 cm³/mol. The van der Waals surface area contributed by atoms with Gasteiger partial charge >= 0.3 is 0 Å². The number of amides is 2. The molecule has 1 atom stereocenters. The summed E-state index contributed by atoms with van der Waals surface area (Å²) in [7, 11) is 0. The average molecular weight is 504 g/mol. The van der Waals surface area contributed by atoms with Gasteiger partial charge in [0.2, 0.25) is 17.7 Å². The molecule has 1 heterocycles. The molecule has 0 saturated heterocycles. The number of nitrogens with zero attached hydrogens (tertiary/aromatic N) is 4. The van der Waals surface area contributed by atoms with Gasteiger partial charge in [0.25, 0.3) is 0 Å². The minimum Gasteiger partial charge on any atom is -0.351 e. The molecule has 1 aliphatic carbocycles. The van der Waals surface area contributed by atoms with Crippen molar-refractivity contribution in [2.45, 2.75) is 57.2 Å². The number of hydrogen-bond donors (Lipinski definition) is 1. The fraction of sp³-hybridized carbons (Fsp3) is 0.360. The van der Waals surface area contributed by atoms with Crippen molar-refractivity contribution in [1.82, 2.24) is 20.1 Å².